The Morgan fingerprint density at radius 1 is 0.846 bits per heavy atom. The van der Waals surface area contributed by atoms with Crippen LogP contribution >= 0.6 is 0 Å². The van der Waals surface area contributed by atoms with Crippen molar-refractivity contribution < 1.29 is 15.0 Å². The zero-order valence-electron chi connectivity index (χ0n) is 14.2. The van der Waals surface area contributed by atoms with Gasteiger partial charge in [0, 0.05) is 10.9 Å². The van der Waals surface area contributed by atoms with Gasteiger partial charge in [-0.2, -0.15) is 0 Å². The molecule has 0 aliphatic heterocycles. The predicted octanol–water partition coefficient (Wildman–Crippen LogP) is 4.72. The molecular formula is C22H17NO3. The highest BCUT2D eigenvalue weighted by atomic mass is 16.3. The van der Waals surface area contributed by atoms with E-state index in [4.69, 9.17) is 0 Å². The molecule has 0 atom stereocenters. The molecule has 0 unspecified atom stereocenters. The molecule has 0 saturated heterocycles. The van der Waals surface area contributed by atoms with Crippen LogP contribution in [-0.4, -0.2) is 20.7 Å². The number of aryl methyl sites for hydroxylation is 1. The Bertz CT molecular complexity index is 1110. The summed E-state index contributed by atoms with van der Waals surface area (Å²) in [5.74, 6) is 0.181. The number of carbonyl (C=O) groups is 1. The van der Waals surface area contributed by atoms with E-state index in [1.807, 2.05) is 25.1 Å². The van der Waals surface area contributed by atoms with Gasteiger partial charge in [-0.25, -0.2) is 0 Å². The van der Waals surface area contributed by atoms with Crippen molar-refractivity contribution in [1.82, 2.24) is 4.57 Å². The van der Waals surface area contributed by atoms with Gasteiger partial charge in [-0.05, 0) is 72.6 Å². The van der Waals surface area contributed by atoms with Crippen molar-refractivity contribution in [2.24, 2.45) is 0 Å². The smallest absolute Gasteiger partial charge is 0.262 e. The van der Waals surface area contributed by atoms with Gasteiger partial charge in [0.1, 0.15) is 11.5 Å². The van der Waals surface area contributed by atoms with Gasteiger partial charge < -0.3 is 10.2 Å². The third-order valence-corrected chi connectivity index (χ3v) is 4.57. The topological polar surface area (TPSA) is 62.5 Å². The number of aromatic nitrogens is 1. The van der Waals surface area contributed by atoms with Crippen LogP contribution in [0.2, 0.25) is 0 Å². The molecule has 0 amide bonds. The number of hydrogen-bond donors (Lipinski definition) is 2. The first kappa shape index (κ1) is 16.0. The van der Waals surface area contributed by atoms with Crippen LogP contribution in [0.1, 0.15) is 15.9 Å². The molecule has 1 aromatic heterocycles. The average molecular weight is 343 g/mol. The van der Waals surface area contributed by atoms with E-state index in [9.17, 15) is 15.0 Å². The maximum Gasteiger partial charge on any atom is 0.262 e. The number of hydrogen-bond acceptors (Lipinski definition) is 3. The van der Waals surface area contributed by atoms with Gasteiger partial charge in [-0.3, -0.25) is 9.36 Å². The highest BCUT2D eigenvalue weighted by Gasteiger charge is 2.21. The van der Waals surface area contributed by atoms with E-state index in [0.717, 1.165) is 27.7 Å². The molecule has 4 rings (SSSR count). The minimum atomic E-state index is -0.141. The highest BCUT2D eigenvalue weighted by Crippen LogP contribution is 2.36. The summed E-state index contributed by atoms with van der Waals surface area (Å²) in [6.45, 7) is 1.93. The second-order valence-electron chi connectivity index (χ2n) is 6.23. The summed E-state index contributed by atoms with van der Waals surface area (Å²) in [6, 6.07) is 20.9. The van der Waals surface area contributed by atoms with E-state index >= 15 is 0 Å². The molecule has 3 aromatic carbocycles. The van der Waals surface area contributed by atoms with Crippen LogP contribution in [0.4, 0.5) is 0 Å². The van der Waals surface area contributed by atoms with Gasteiger partial charge in [-0.1, -0.05) is 18.2 Å². The summed E-state index contributed by atoms with van der Waals surface area (Å²) >= 11 is 0. The van der Waals surface area contributed by atoms with Crippen molar-refractivity contribution in [1.29, 1.82) is 0 Å². The number of phenolic OH excluding ortho intramolecular Hbond substituents is 2. The Balaban J connectivity index is 2.05. The van der Waals surface area contributed by atoms with Crippen molar-refractivity contribution in [3.63, 3.8) is 0 Å². The summed E-state index contributed by atoms with van der Waals surface area (Å²) in [7, 11) is 0. The quantitative estimate of drug-likeness (QED) is 0.554. The molecule has 0 aliphatic rings. The third-order valence-electron chi connectivity index (χ3n) is 4.57. The van der Waals surface area contributed by atoms with E-state index in [2.05, 4.69) is 0 Å². The van der Waals surface area contributed by atoms with Crippen molar-refractivity contribution >= 4 is 16.8 Å². The van der Waals surface area contributed by atoms with Crippen LogP contribution in [0, 0.1) is 6.92 Å². The maximum absolute atomic E-state index is 13.3. The fourth-order valence-electron chi connectivity index (χ4n) is 3.32. The standard InChI is InChI=1S/C22H17NO3/c1-14-19-13-18(25)11-12-20(19)23(22(26)16-5-3-2-4-6-16)21(14)15-7-9-17(24)10-8-15/h2-13,24-25H,1H3. The van der Waals surface area contributed by atoms with Crippen LogP contribution in [0.5, 0.6) is 11.5 Å². The van der Waals surface area contributed by atoms with Crippen LogP contribution in [0.15, 0.2) is 72.8 Å². The molecule has 0 radical (unpaired) electrons. The number of aromatic hydroxyl groups is 2. The van der Waals surface area contributed by atoms with E-state index in [1.54, 1.807) is 59.2 Å². The first-order valence-electron chi connectivity index (χ1n) is 8.29. The van der Waals surface area contributed by atoms with Gasteiger partial charge in [0.15, 0.2) is 0 Å². The van der Waals surface area contributed by atoms with E-state index in [-0.39, 0.29) is 17.4 Å². The van der Waals surface area contributed by atoms with E-state index < -0.39 is 0 Å². The van der Waals surface area contributed by atoms with Gasteiger partial charge in [0.05, 0.1) is 11.2 Å². The number of rotatable bonds is 2. The fraction of sp³-hybridized carbons (Fsp3) is 0.0455. The van der Waals surface area contributed by atoms with Gasteiger partial charge in [0.25, 0.3) is 5.91 Å². The Kier molecular flexibility index (Phi) is 3.73. The number of carbonyl (C=O) groups excluding carboxylic acids is 1. The molecule has 1 heterocycles. The predicted molar refractivity (Wildman–Crippen MR) is 102 cm³/mol. The third kappa shape index (κ3) is 2.52. The molecule has 2 N–H and O–H groups in total. The summed E-state index contributed by atoms with van der Waals surface area (Å²) in [5.41, 5.74) is 3.78. The lowest BCUT2D eigenvalue weighted by atomic mass is 10.1. The number of nitrogens with zero attached hydrogens (tertiary/aromatic N) is 1. The van der Waals surface area contributed by atoms with Crippen molar-refractivity contribution in [3.05, 3.63) is 83.9 Å². The van der Waals surface area contributed by atoms with Gasteiger partial charge in [0.2, 0.25) is 0 Å². The molecule has 0 aliphatic carbocycles. The second kappa shape index (κ2) is 6.08. The van der Waals surface area contributed by atoms with Gasteiger partial charge in [-0.15, -0.1) is 0 Å². The summed E-state index contributed by atoms with van der Waals surface area (Å²) in [5, 5.41) is 20.3. The largest absolute Gasteiger partial charge is 0.508 e. The zero-order chi connectivity index (χ0) is 18.3. The Morgan fingerprint density at radius 3 is 2.19 bits per heavy atom. The molecule has 4 nitrogen and oxygen atoms in total. The lowest BCUT2D eigenvalue weighted by Crippen LogP contribution is -2.13. The molecular weight excluding hydrogens is 326 g/mol. The summed E-state index contributed by atoms with van der Waals surface area (Å²) in [6.07, 6.45) is 0. The minimum Gasteiger partial charge on any atom is -0.508 e. The Morgan fingerprint density at radius 2 is 1.50 bits per heavy atom. The number of phenols is 2. The molecule has 4 aromatic rings. The summed E-state index contributed by atoms with van der Waals surface area (Å²) in [4.78, 5) is 13.3. The van der Waals surface area contributed by atoms with Gasteiger partial charge >= 0.3 is 0 Å². The van der Waals surface area contributed by atoms with Crippen molar-refractivity contribution in [2.45, 2.75) is 6.92 Å². The van der Waals surface area contributed by atoms with E-state index in [1.165, 1.54) is 0 Å². The molecule has 4 heteroatoms. The number of benzene rings is 3. The molecule has 128 valence electrons. The van der Waals surface area contributed by atoms with Crippen LogP contribution < -0.4 is 0 Å². The lowest BCUT2D eigenvalue weighted by Gasteiger charge is -2.11. The molecule has 0 saturated carbocycles. The highest BCUT2D eigenvalue weighted by molar-refractivity contribution is 6.07. The number of fused-ring (bicyclic) bond motifs is 1. The Labute approximate surface area is 150 Å². The molecule has 26 heavy (non-hydrogen) atoms. The zero-order valence-corrected chi connectivity index (χ0v) is 14.2. The minimum absolute atomic E-state index is 0.141. The SMILES string of the molecule is Cc1c(-c2ccc(O)cc2)n(C(=O)c2ccccc2)c2ccc(O)cc12. The maximum atomic E-state index is 13.3. The normalized spacial score (nSPS) is 11.0. The first-order chi connectivity index (χ1) is 12.6. The van der Waals surface area contributed by atoms with Crippen LogP contribution in [0.3, 0.4) is 0 Å². The first-order valence-corrected chi connectivity index (χ1v) is 8.29. The van der Waals surface area contributed by atoms with E-state index in [0.29, 0.717) is 5.56 Å². The monoisotopic (exact) mass is 343 g/mol. The summed E-state index contributed by atoms with van der Waals surface area (Å²) < 4.78 is 1.67. The van der Waals surface area contributed by atoms with Crippen LogP contribution in [-0.2, 0) is 0 Å². The average Bonchev–Trinajstić information content (AvgIpc) is 2.95. The molecule has 0 spiro atoms. The van der Waals surface area contributed by atoms with Crippen molar-refractivity contribution in [3.8, 4) is 22.8 Å². The molecule has 0 fully saturated rings. The fourth-order valence-corrected chi connectivity index (χ4v) is 3.32. The second-order valence-corrected chi connectivity index (χ2v) is 6.23. The molecule has 0 bridgehead atoms. The lowest BCUT2D eigenvalue weighted by molar-refractivity contribution is 0.0966. The van der Waals surface area contributed by atoms with Crippen molar-refractivity contribution in [2.75, 3.05) is 0 Å². The van der Waals surface area contributed by atoms with Crippen LogP contribution in [0.25, 0.3) is 22.2 Å². The Hall–Kier alpha value is -3.53.